The zero-order chi connectivity index (χ0) is 25.5. The molecule has 4 rings (SSSR count). The third kappa shape index (κ3) is 6.10. The van der Waals surface area contributed by atoms with E-state index in [-0.39, 0.29) is 23.1 Å². The van der Waals surface area contributed by atoms with Crippen molar-refractivity contribution in [3.05, 3.63) is 64.6 Å². The monoisotopic (exact) mass is 509 g/mol. The summed E-state index contributed by atoms with van der Waals surface area (Å²) in [5.74, 6) is -0.398. The Morgan fingerprint density at radius 1 is 1.28 bits per heavy atom. The molecule has 36 heavy (non-hydrogen) atoms. The van der Waals surface area contributed by atoms with Crippen molar-refractivity contribution in [3.8, 4) is 11.8 Å². The van der Waals surface area contributed by atoms with Crippen molar-refractivity contribution in [3.63, 3.8) is 0 Å². The summed E-state index contributed by atoms with van der Waals surface area (Å²) in [6, 6.07) is 9.71. The number of ether oxygens (including phenoxy) is 2. The van der Waals surface area contributed by atoms with E-state index in [0.717, 1.165) is 31.5 Å². The molecule has 3 aromatic rings. The van der Waals surface area contributed by atoms with Gasteiger partial charge in [0.05, 0.1) is 34.1 Å². The summed E-state index contributed by atoms with van der Waals surface area (Å²) >= 11 is 5.94. The van der Waals surface area contributed by atoms with E-state index in [1.54, 1.807) is 25.3 Å². The molecule has 3 N–H and O–H groups in total. The maximum absolute atomic E-state index is 13.7. The molecule has 1 aromatic heterocycles. The highest BCUT2D eigenvalue weighted by molar-refractivity contribution is 6.31. The van der Waals surface area contributed by atoms with Crippen LogP contribution in [0.2, 0.25) is 5.02 Å². The molecule has 0 atom stereocenters. The SMILES string of the molecule is COCCOc1cc2ncc(C#N)c(Nc3ccc(F)c(Cl)c3)c2cc1NC(=O)C=C1CCNCC1. The molecule has 0 aliphatic carbocycles. The van der Waals surface area contributed by atoms with Gasteiger partial charge in [-0.3, -0.25) is 9.78 Å². The lowest BCUT2D eigenvalue weighted by molar-refractivity contribution is -0.112. The fraction of sp³-hybridized carbons (Fsp3) is 0.269. The molecule has 1 aliphatic heterocycles. The lowest BCUT2D eigenvalue weighted by Crippen LogP contribution is -2.24. The largest absolute Gasteiger partial charge is 0.489 e. The number of nitriles is 1. The molecule has 8 nitrogen and oxygen atoms in total. The van der Waals surface area contributed by atoms with Gasteiger partial charge in [0.15, 0.2) is 0 Å². The molecular formula is C26H25ClFN5O3. The number of nitrogens with zero attached hydrogens (tertiary/aromatic N) is 2. The molecule has 2 heterocycles. The first kappa shape index (κ1) is 25.4. The quantitative estimate of drug-likeness (QED) is 0.292. The predicted octanol–water partition coefficient (Wildman–Crippen LogP) is 4.92. The van der Waals surface area contributed by atoms with Crippen molar-refractivity contribution in [1.82, 2.24) is 10.3 Å². The number of carbonyl (C=O) groups excluding carboxylic acids is 1. The van der Waals surface area contributed by atoms with Crippen LogP contribution in [0.5, 0.6) is 5.75 Å². The highest BCUT2D eigenvalue weighted by Gasteiger charge is 2.16. The van der Waals surface area contributed by atoms with Crippen molar-refractivity contribution < 1.29 is 18.7 Å². The second-order valence-electron chi connectivity index (χ2n) is 8.16. The van der Waals surface area contributed by atoms with Gasteiger partial charge in [0.25, 0.3) is 0 Å². The summed E-state index contributed by atoms with van der Waals surface area (Å²) in [4.78, 5) is 17.2. The maximum Gasteiger partial charge on any atom is 0.248 e. The molecule has 2 aromatic carbocycles. The van der Waals surface area contributed by atoms with Crippen molar-refractivity contribution in [2.24, 2.45) is 0 Å². The number of aromatic nitrogens is 1. The van der Waals surface area contributed by atoms with Crippen molar-refractivity contribution in [2.75, 3.05) is 44.0 Å². The predicted molar refractivity (Wildman–Crippen MR) is 137 cm³/mol. The Balaban J connectivity index is 1.75. The topological polar surface area (TPSA) is 108 Å². The minimum Gasteiger partial charge on any atom is -0.489 e. The molecular weight excluding hydrogens is 485 g/mol. The number of nitrogens with one attached hydrogen (secondary N) is 3. The first-order chi connectivity index (χ1) is 17.5. The molecule has 1 saturated heterocycles. The van der Waals surface area contributed by atoms with E-state index < -0.39 is 5.82 Å². The van der Waals surface area contributed by atoms with Crippen LogP contribution in [0.25, 0.3) is 10.9 Å². The lowest BCUT2D eigenvalue weighted by atomic mass is 10.0. The van der Waals surface area contributed by atoms with Gasteiger partial charge < -0.3 is 25.4 Å². The van der Waals surface area contributed by atoms with Crippen LogP contribution in [0.4, 0.5) is 21.5 Å². The zero-order valence-electron chi connectivity index (χ0n) is 19.7. The van der Waals surface area contributed by atoms with Gasteiger partial charge in [0.2, 0.25) is 5.91 Å². The number of anilines is 3. The van der Waals surface area contributed by atoms with Crippen LogP contribution in [-0.4, -0.2) is 44.3 Å². The summed E-state index contributed by atoms with van der Waals surface area (Å²) in [5.41, 5.74) is 3.23. The zero-order valence-corrected chi connectivity index (χ0v) is 20.4. The van der Waals surface area contributed by atoms with Crippen LogP contribution >= 0.6 is 11.6 Å². The molecule has 0 radical (unpaired) electrons. The van der Waals surface area contributed by atoms with Gasteiger partial charge in [-0.2, -0.15) is 5.26 Å². The Kier molecular flexibility index (Phi) is 8.33. The number of methoxy groups -OCH3 is 1. The summed E-state index contributed by atoms with van der Waals surface area (Å²) < 4.78 is 24.6. The van der Waals surface area contributed by atoms with E-state index in [0.29, 0.717) is 40.3 Å². The number of carbonyl (C=O) groups is 1. The van der Waals surface area contributed by atoms with Gasteiger partial charge in [-0.25, -0.2) is 4.39 Å². The van der Waals surface area contributed by atoms with Crippen LogP contribution < -0.4 is 20.7 Å². The molecule has 186 valence electrons. The van der Waals surface area contributed by atoms with Gasteiger partial charge in [-0.1, -0.05) is 17.2 Å². The lowest BCUT2D eigenvalue weighted by Gasteiger charge is -2.17. The number of pyridine rings is 1. The summed E-state index contributed by atoms with van der Waals surface area (Å²) in [5, 5.41) is 19.6. The number of piperidine rings is 1. The molecule has 0 spiro atoms. The number of rotatable bonds is 8. The number of hydrogen-bond donors (Lipinski definition) is 3. The molecule has 0 unspecified atom stereocenters. The van der Waals surface area contributed by atoms with Crippen LogP contribution in [0.3, 0.4) is 0 Å². The van der Waals surface area contributed by atoms with E-state index in [9.17, 15) is 14.4 Å². The number of benzene rings is 2. The van der Waals surface area contributed by atoms with E-state index in [1.165, 1.54) is 24.4 Å². The van der Waals surface area contributed by atoms with Gasteiger partial charge in [-0.15, -0.1) is 0 Å². The van der Waals surface area contributed by atoms with Gasteiger partial charge in [-0.05, 0) is 50.2 Å². The van der Waals surface area contributed by atoms with Crippen LogP contribution in [0.1, 0.15) is 18.4 Å². The average Bonchev–Trinajstić information content (AvgIpc) is 2.87. The van der Waals surface area contributed by atoms with E-state index in [1.807, 2.05) is 0 Å². The second kappa shape index (κ2) is 11.8. The van der Waals surface area contributed by atoms with Gasteiger partial charge in [0, 0.05) is 36.5 Å². The second-order valence-corrected chi connectivity index (χ2v) is 8.57. The fourth-order valence-electron chi connectivity index (χ4n) is 3.86. The highest BCUT2D eigenvalue weighted by Crippen LogP contribution is 2.36. The van der Waals surface area contributed by atoms with Crippen molar-refractivity contribution in [1.29, 1.82) is 5.26 Å². The standard InChI is InChI=1S/C26H25ClFN5O3/c1-35-8-9-36-24-13-22-19(12-23(24)33-25(34)10-16-4-6-30-7-5-16)26(17(14-29)15-31-22)32-18-2-3-21(28)20(27)11-18/h2-3,10-13,15,30H,4-9H2,1H3,(H,31,32)(H,33,34). The molecule has 0 bridgehead atoms. The minimum atomic E-state index is -0.548. The number of halogens is 2. The Morgan fingerprint density at radius 2 is 2.08 bits per heavy atom. The van der Waals surface area contributed by atoms with Crippen LogP contribution in [0, 0.1) is 17.1 Å². The first-order valence-electron chi connectivity index (χ1n) is 11.4. The molecule has 10 heteroatoms. The number of hydrogen-bond acceptors (Lipinski definition) is 7. The van der Waals surface area contributed by atoms with Crippen molar-refractivity contribution >= 4 is 45.5 Å². The average molecular weight is 510 g/mol. The number of fused-ring (bicyclic) bond motifs is 1. The summed E-state index contributed by atoms with van der Waals surface area (Å²) in [6.07, 6.45) is 4.68. The van der Waals surface area contributed by atoms with Crippen LogP contribution in [0.15, 0.2) is 48.2 Å². The van der Waals surface area contributed by atoms with Crippen molar-refractivity contribution in [2.45, 2.75) is 12.8 Å². The first-order valence-corrected chi connectivity index (χ1v) is 11.8. The normalized spacial score (nSPS) is 13.2. The minimum absolute atomic E-state index is 0.0513. The number of amides is 1. The molecule has 1 aliphatic rings. The third-order valence-corrected chi connectivity index (χ3v) is 5.95. The molecule has 1 fully saturated rings. The fourth-order valence-corrected chi connectivity index (χ4v) is 4.04. The smallest absolute Gasteiger partial charge is 0.248 e. The van der Waals surface area contributed by atoms with Gasteiger partial charge >= 0.3 is 0 Å². The highest BCUT2D eigenvalue weighted by atomic mass is 35.5. The van der Waals surface area contributed by atoms with Crippen LogP contribution in [-0.2, 0) is 9.53 Å². The molecule has 0 saturated carbocycles. The Hall–Kier alpha value is -3.71. The Labute approximate surface area is 213 Å². The van der Waals surface area contributed by atoms with Gasteiger partial charge in [0.1, 0.15) is 24.2 Å². The maximum atomic E-state index is 13.7. The van der Waals surface area contributed by atoms with E-state index >= 15 is 0 Å². The van der Waals surface area contributed by atoms with E-state index in [2.05, 4.69) is 27.0 Å². The Morgan fingerprint density at radius 3 is 2.81 bits per heavy atom. The summed E-state index contributed by atoms with van der Waals surface area (Å²) in [6.45, 7) is 2.31. The van der Waals surface area contributed by atoms with E-state index in [4.69, 9.17) is 21.1 Å². The summed E-state index contributed by atoms with van der Waals surface area (Å²) in [7, 11) is 1.57. The Bertz CT molecular complexity index is 1350. The molecule has 1 amide bonds. The third-order valence-electron chi connectivity index (χ3n) is 5.66.